The number of esters is 1. The summed E-state index contributed by atoms with van der Waals surface area (Å²) in [5.41, 5.74) is 3.53. The average Bonchev–Trinajstić information content (AvgIpc) is 3.06. The van der Waals surface area contributed by atoms with Gasteiger partial charge in [-0.3, -0.25) is 4.68 Å². The molecule has 3 rings (SSSR count). The van der Waals surface area contributed by atoms with E-state index in [1.54, 1.807) is 12.1 Å². The molecule has 0 spiro atoms. The smallest absolute Gasteiger partial charge is 0.330 e. The molecule has 0 saturated heterocycles. The number of hydrogen-bond acceptors (Lipinski definition) is 4. The predicted octanol–water partition coefficient (Wildman–Crippen LogP) is 5.31. The number of carbonyl (C=O) groups is 1. The van der Waals surface area contributed by atoms with Gasteiger partial charge in [0.25, 0.3) is 0 Å². The van der Waals surface area contributed by atoms with Gasteiger partial charge in [0.1, 0.15) is 12.4 Å². The molecular weight excluding hydrogens is 411 g/mol. The molecule has 0 aliphatic carbocycles. The largest absolute Gasteiger partial charge is 0.489 e. The Morgan fingerprint density at radius 1 is 1.10 bits per heavy atom. The molecule has 7 heteroatoms. The lowest BCUT2D eigenvalue weighted by atomic mass is 10.2. The first-order valence-corrected chi connectivity index (χ1v) is 9.66. The summed E-state index contributed by atoms with van der Waals surface area (Å²) in [5.74, 6) is 0.302. The van der Waals surface area contributed by atoms with Crippen LogP contribution in [0.25, 0.3) is 6.08 Å². The quantitative estimate of drug-likeness (QED) is 0.376. The van der Waals surface area contributed by atoms with Gasteiger partial charge in [-0.1, -0.05) is 35.3 Å². The van der Waals surface area contributed by atoms with Crippen LogP contribution < -0.4 is 4.74 Å². The van der Waals surface area contributed by atoms with Crippen LogP contribution in [0.3, 0.4) is 0 Å². The van der Waals surface area contributed by atoms with Gasteiger partial charge in [-0.2, -0.15) is 5.10 Å². The van der Waals surface area contributed by atoms with Crippen molar-refractivity contribution in [3.63, 3.8) is 0 Å². The fourth-order valence-corrected chi connectivity index (χ4v) is 3.03. The summed E-state index contributed by atoms with van der Waals surface area (Å²) in [4.78, 5) is 11.3. The number of aromatic nitrogens is 2. The fourth-order valence-electron chi connectivity index (χ4n) is 2.71. The number of aryl methyl sites for hydroxylation is 1. The Bertz CT molecular complexity index is 1030. The molecule has 1 aromatic heterocycles. The number of rotatable bonds is 7. The Morgan fingerprint density at radius 3 is 2.55 bits per heavy atom. The van der Waals surface area contributed by atoms with E-state index in [1.165, 1.54) is 13.2 Å². The summed E-state index contributed by atoms with van der Waals surface area (Å²) in [7, 11) is 1.33. The summed E-state index contributed by atoms with van der Waals surface area (Å²) in [6, 6.07) is 14.9. The first kappa shape index (κ1) is 21.0. The highest BCUT2D eigenvalue weighted by molar-refractivity contribution is 6.30. The standard InChI is InChI=1S/C22H20Cl2N2O3/c1-15-11-20(8-10-22(27)28-2)25-26(15)13-17-12-19(24)7-9-21(17)29-14-16-3-5-18(23)6-4-16/h3-12H,13-14H2,1-2H3. The minimum Gasteiger partial charge on any atom is -0.489 e. The maximum Gasteiger partial charge on any atom is 0.330 e. The van der Waals surface area contributed by atoms with Gasteiger partial charge in [-0.05, 0) is 55.0 Å². The minimum absolute atomic E-state index is 0.414. The third-order valence-corrected chi connectivity index (χ3v) is 4.73. The zero-order valence-electron chi connectivity index (χ0n) is 16.1. The van der Waals surface area contributed by atoms with Crippen LogP contribution in [0.15, 0.2) is 54.6 Å². The van der Waals surface area contributed by atoms with E-state index < -0.39 is 5.97 Å². The van der Waals surface area contributed by atoms with Gasteiger partial charge in [-0.25, -0.2) is 4.79 Å². The molecule has 0 fully saturated rings. The zero-order chi connectivity index (χ0) is 20.8. The van der Waals surface area contributed by atoms with Gasteiger partial charge in [-0.15, -0.1) is 0 Å². The summed E-state index contributed by atoms with van der Waals surface area (Å²) in [6.07, 6.45) is 2.96. The highest BCUT2D eigenvalue weighted by Crippen LogP contribution is 2.25. The topological polar surface area (TPSA) is 53.4 Å². The molecule has 0 bridgehead atoms. The van der Waals surface area contributed by atoms with Crippen LogP contribution in [0.5, 0.6) is 5.75 Å². The third kappa shape index (κ3) is 5.86. The van der Waals surface area contributed by atoms with E-state index in [0.29, 0.717) is 28.9 Å². The van der Waals surface area contributed by atoms with Crippen LogP contribution in [0.2, 0.25) is 10.0 Å². The van der Waals surface area contributed by atoms with E-state index in [2.05, 4.69) is 9.84 Å². The fraction of sp³-hybridized carbons (Fsp3) is 0.182. The summed E-state index contributed by atoms with van der Waals surface area (Å²) >= 11 is 12.1. The van der Waals surface area contributed by atoms with Crippen molar-refractivity contribution < 1.29 is 14.3 Å². The first-order chi connectivity index (χ1) is 13.9. The molecule has 3 aromatic rings. The van der Waals surface area contributed by atoms with Crippen molar-refractivity contribution in [3.8, 4) is 5.75 Å². The van der Waals surface area contributed by atoms with Crippen molar-refractivity contribution in [2.75, 3.05) is 7.11 Å². The number of benzene rings is 2. The summed E-state index contributed by atoms with van der Waals surface area (Å²) in [6.45, 7) is 2.84. The van der Waals surface area contributed by atoms with Gasteiger partial charge in [0.15, 0.2) is 0 Å². The van der Waals surface area contributed by atoms with Crippen LogP contribution in [0.4, 0.5) is 0 Å². The normalized spacial score (nSPS) is 11.0. The first-order valence-electron chi connectivity index (χ1n) is 8.91. The molecule has 2 aromatic carbocycles. The minimum atomic E-state index is -0.426. The summed E-state index contributed by atoms with van der Waals surface area (Å²) in [5, 5.41) is 5.83. The number of carbonyl (C=O) groups excluding carboxylic acids is 1. The molecule has 0 atom stereocenters. The second kappa shape index (κ2) is 9.63. The van der Waals surface area contributed by atoms with E-state index in [0.717, 1.165) is 22.6 Å². The maximum atomic E-state index is 11.3. The lowest BCUT2D eigenvalue weighted by molar-refractivity contribution is -0.134. The molecule has 0 radical (unpaired) electrons. The number of hydrogen-bond donors (Lipinski definition) is 0. The Kier molecular flexibility index (Phi) is 6.96. The molecule has 29 heavy (non-hydrogen) atoms. The van der Waals surface area contributed by atoms with Crippen LogP contribution >= 0.6 is 23.2 Å². The van der Waals surface area contributed by atoms with Crippen molar-refractivity contribution >= 4 is 35.2 Å². The summed E-state index contributed by atoms with van der Waals surface area (Å²) < 4.78 is 12.4. The molecule has 150 valence electrons. The van der Waals surface area contributed by atoms with Crippen molar-refractivity contribution in [3.05, 3.63) is 87.2 Å². The zero-order valence-corrected chi connectivity index (χ0v) is 17.6. The Hall–Kier alpha value is -2.76. The molecule has 0 amide bonds. The molecule has 0 aliphatic heterocycles. The van der Waals surface area contributed by atoms with Crippen LogP contribution in [0.1, 0.15) is 22.5 Å². The van der Waals surface area contributed by atoms with Crippen molar-refractivity contribution in [2.45, 2.75) is 20.1 Å². The second-order valence-electron chi connectivity index (χ2n) is 6.39. The van der Waals surface area contributed by atoms with Crippen LogP contribution in [-0.4, -0.2) is 22.9 Å². The van der Waals surface area contributed by atoms with Gasteiger partial charge in [0.2, 0.25) is 0 Å². The van der Waals surface area contributed by atoms with E-state index >= 15 is 0 Å². The molecule has 0 saturated carbocycles. The molecular formula is C22H20Cl2N2O3. The van der Waals surface area contributed by atoms with Gasteiger partial charge in [0, 0.05) is 27.4 Å². The second-order valence-corrected chi connectivity index (χ2v) is 7.26. The average molecular weight is 431 g/mol. The lowest BCUT2D eigenvalue weighted by Gasteiger charge is -2.13. The lowest BCUT2D eigenvalue weighted by Crippen LogP contribution is -2.06. The van der Waals surface area contributed by atoms with Gasteiger partial charge < -0.3 is 9.47 Å². The number of halogens is 2. The van der Waals surface area contributed by atoms with Crippen LogP contribution in [0, 0.1) is 6.92 Å². The molecule has 5 nitrogen and oxygen atoms in total. The predicted molar refractivity (Wildman–Crippen MR) is 114 cm³/mol. The van der Waals surface area contributed by atoms with Crippen molar-refractivity contribution in [1.29, 1.82) is 0 Å². The van der Waals surface area contributed by atoms with Crippen molar-refractivity contribution in [2.24, 2.45) is 0 Å². The number of ether oxygens (including phenoxy) is 2. The van der Waals surface area contributed by atoms with Crippen LogP contribution in [-0.2, 0) is 22.7 Å². The van der Waals surface area contributed by atoms with E-state index in [-0.39, 0.29) is 0 Å². The number of nitrogens with zero attached hydrogens (tertiary/aromatic N) is 2. The third-order valence-electron chi connectivity index (χ3n) is 4.24. The highest BCUT2D eigenvalue weighted by atomic mass is 35.5. The van der Waals surface area contributed by atoms with Gasteiger partial charge in [0.05, 0.1) is 19.3 Å². The van der Waals surface area contributed by atoms with E-state index in [4.69, 9.17) is 27.9 Å². The van der Waals surface area contributed by atoms with E-state index in [1.807, 2.05) is 54.1 Å². The maximum absolute atomic E-state index is 11.3. The Balaban J connectivity index is 1.77. The molecule has 0 aliphatic rings. The number of methoxy groups -OCH3 is 1. The molecule has 0 unspecified atom stereocenters. The van der Waals surface area contributed by atoms with E-state index in [9.17, 15) is 4.79 Å². The van der Waals surface area contributed by atoms with Gasteiger partial charge >= 0.3 is 5.97 Å². The molecule has 0 N–H and O–H groups in total. The highest BCUT2D eigenvalue weighted by Gasteiger charge is 2.10. The molecule has 1 heterocycles. The Morgan fingerprint density at radius 2 is 1.83 bits per heavy atom. The Labute approximate surface area is 179 Å². The monoisotopic (exact) mass is 430 g/mol. The SMILES string of the molecule is COC(=O)C=Cc1cc(C)n(Cc2cc(Cl)ccc2OCc2ccc(Cl)cc2)n1. The van der Waals surface area contributed by atoms with Crippen molar-refractivity contribution in [1.82, 2.24) is 9.78 Å².